The van der Waals surface area contributed by atoms with Gasteiger partial charge >= 0.3 is 0 Å². The predicted molar refractivity (Wildman–Crippen MR) is 124 cm³/mol. The maximum Gasteiger partial charge on any atom is 0.141 e. The highest BCUT2D eigenvalue weighted by molar-refractivity contribution is 5.74. The van der Waals surface area contributed by atoms with Gasteiger partial charge in [0.25, 0.3) is 0 Å². The minimum Gasteiger partial charge on any atom is -0.328 e. The Kier molecular flexibility index (Phi) is 5.47. The van der Waals surface area contributed by atoms with Crippen molar-refractivity contribution in [2.45, 2.75) is 51.2 Å². The fourth-order valence-electron chi connectivity index (χ4n) is 5.00. The van der Waals surface area contributed by atoms with Gasteiger partial charge in [0.2, 0.25) is 0 Å². The van der Waals surface area contributed by atoms with E-state index in [1.807, 2.05) is 0 Å². The Bertz CT molecular complexity index is 1070. The summed E-state index contributed by atoms with van der Waals surface area (Å²) in [6.07, 6.45) is 5.62. The average molecular weight is 417 g/mol. The molecule has 0 radical (unpaired) electrons. The van der Waals surface area contributed by atoms with Gasteiger partial charge in [-0.15, -0.1) is 0 Å². The Hall–Kier alpha value is -2.76. The number of aromatic nitrogens is 1. The summed E-state index contributed by atoms with van der Waals surface area (Å²) in [5, 5.41) is 0. The molecule has 1 aliphatic carbocycles. The zero-order valence-electron chi connectivity index (χ0n) is 18.0. The summed E-state index contributed by atoms with van der Waals surface area (Å²) >= 11 is 0. The molecule has 4 nitrogen and oxygen atoms in total. The lowest BCUT2D eigenvalue weighted by Crippen LogP contribution is -2.48. The van der Waals surface area contributed by atoms with Gasteiger partial charge in [0.1, 0.15) is 11.6 Å². The molecule has 160 valence electrons. The monoisotopic (exact) mass is 416 g/mol. The molecule has 2 aliphatic rings. The Labute approximate surface area is 183 Å². The Morgan fingerprint density at radius 1 is 1.00 bits per heavy atom. The maximum absolute atomic E-state index is 14.1. The van der Waals surface area contributed by atoms with Gasteiger partial charge in [-0.05, 0) is 67.5 Å². The zero-order valence-corrected chi connectivity index (χ0v) is 18.0. The number of anilines is 2. The van der Waals surface area contributed by atoms with Gasteiger partial charge in [-0.3, -0.25) is 4.90 Å². The smallest absolute Gasteiger partial charge is 0.141 e. The van der Waals surface area contributed by atoms with Gasteiger partial charge in [0.15, 0.2) is 0 Å². The van der Waals surface area contributed by atoms with Crippen molar-refractivity contribution in [3.8, 4) is 11.1 Å². The summed E-state index contributed by atoms with van der Waals surface area (Å²) < 4.78 is 14.1. The summed E-state index contributed by atoms with van der Waals surface area (Å²) in [6.45, 7) is 3.62. The SMILES string of the molecule is Cc1ccccc1-c1cccc(N2CN(C3CCC(N)CC3)Cc3cc(F)cnc32)c1. The molecule has 0 spiro atoms. The van der Waals surface area contributed by atoms with Gasteiger partial charge < -0.3 is 10.6 Å². The van der Waals surface area contributed by atoms with E-state index in [-0.39, 0.29) is 5.82 Å². The number of rotatable bonds is 3. The first-order chi connectivity index (χ1) is 15.1. The third kappa shape index (κ3) is 4.08. The molecule has 0 bridgehead atoms. The standard InChI is InChI=1S/C26H29FN4/c1-18-5-2-3-8-25(18)19-6-4-7-24(14-19)31-17-30(23-11-9-22(28)10-12-23)16-20-13-21(27)15-29-26(20)31/h2-8,13-15,22-23H,9-12,16-17,28H2,1H3. The number of halogens is 1. The van der Waals surface area contributed by atoms with Gasteiger partial charge in [0, 0.05) is 29.9 Å². The molecule has 2 heterocycles. The molecular weight excluding hydrogens is 387 g/mol. The highest BCUT2D eigenvalue weighted by Crippen LogP contribution is 2.37. The van der Waals surface area contributed by atoms with E-state index < -0.39 is 0 Å². The number of nitrogens with zero attached hydrogens (tertiary/aromatic N) is 3. The van der Waals surface area contributed by atoms with Crippen LogP contribution in [0.25, 0.3) is 11.1 Å². The Morgan fingerprint density at radius 3 is 2.61 bits per heavy atom. The van der Waals surface area contributed by atoms with Crippen LogP contribution in [-0.2, 0) is 6.54 Å². The van der Waals surface area contributed by atoms with Crippen LogP contribution in [0, 0.1) is 12.7 Å². The molecule has 1 aromatic heterocycles. The van der Waals surface area contributed by atoms with Crippen LogP contribution in [0.2, 0.25) is 0 Å². The molecule has 1 saturated carbocycles. The van der Waals surface area contributed by atoms with Crippen LogP contribution in [-0.4, -0.2) is 28.6 Å². The summed E-state index contributed by atoms with van der Waals surface area (Å²) in [5.41, 5.74) is 11.8. The van der Waals surface area contributed by atoms with Crippen LogP contribution in [0.5, 0.6) is 0 Å². The van der Waals surface area contributed by atoms with Crippen molar-refractivity contribution in [2.24, 2.45) is 5.73 Å². The molecule has 5 heteroatoms. The second-order valence-electron chi connectivity index (χ2n) is 8.89. The Balaban J connectivity index is 1.52. The first kappa shape index (κ1) is 20.2. The van der Waals surface area contributed by atoms with Crippen LogP contribution in [0.4, 0.5) is 15.9 Å². The van der Waals surface area contributed by atoms with E-state index in [1.165, 1.54) is 22.9 Å². The predicted octanol–water partition coefficient (Wildman–Crippen LogP) is 5.38. The van der Waals surface area contributed by atoms with Gasteiger partial charge in [-0.1, -0.05) is 36.4 Å². The molecule has 0 unspecified atom stereocenters. The number of pyridine rings is 1. The van der Waals surface area contributed by atoms with Crippen molar-refractivity contribution in [3.05, 3.63) is 77.7 Å². The van der Waals surface area contributed by atoms with Crippen LogP contribution in [0.15, 0.2) is 60.8 Å². The molecular formula is C26H29FN4. The fraction of sp³-hybridized carbons (Fsp3) is 0.346. The first-order valence-electron chi connectivity index (χ1n) is 11.2. The van der Waals surface area contributed by atoms with Gasteiger partial charge in [0.05, 0.1) is 12.9 Å². The highest BCUT2D eigenvalue weighted by Gasteiger charge is 2.31. The number of aryl methyl sites for hydroxylation is 1. The largest absolute Gasteiger partial charge is 0.328 e. The van der Waals surface area contributed by atoms with Crippen molar-refractivity contribution >= 4 is 11.5 Å². The topological polar surface area (TPSA) is 45.4 Å². The molecule has 0 atom stereocenters. The van der Waals surface area contributed by atoms with Crippen LogP contribution in [0.3, 0.4) is 0 Å². The van der Waals surface area contributed by atoms with Crippen molar-refractivity contribution in [3.63, 3.8) is 0 Å². The van der Waals surface area contributed by atoms with E-state index in [4.69, 9.17) is 5.73 Å². The lowest BCUT2D eigenvalue weighted by Gasteiger charge is -2.43. The van der Waals surface area contributed by atoms with Crippen molar-refractivity contribution in [1.82, 2.24) is 9.88 Å². The van der Waals surface area contributed by atoms with E-state index in [9.17, 15) is 4.39 Å². The summed E-state index contributed by atoms with van der Waals surface area (Å²) in [7, 11) is 0. The number of benzene rings is 2. The number of fused-ring (bicyclic) bond motifs is 1. The van der Waals surface area contributed by atoms with Crippen molar-refractivity contribution in [2.75, 3.05) is 11.6 Å². The second kappa shape index (κ2) is 8.40. The van der Waals surface area contributed by atoms with Crippen molar-refractivity contribution < 1.29 is 4.39 Å². The summed E-state index contributed by atoms with van der Waals surface area (Å²) in [6, 6.07) is 19.4. The van der Waals surface area contributed by atoms with Crippen LogP contribution >= 0.6 is 0 Å². The van der Waals surface area contributed by atoms with Gasteiger partial charge in [-0.2, -0.15) is 0 Å². The molecule has 0 amide bonds. The molecule has 31 heavy (non-hydrogen) atoms. The third-order valence-electron chi connectivity index (χ3n) is 6.73. The van der Waals surface area contributed by atoms with E-state index in [2.05, 4.69) is 70.2 Å². The number of hydrogen-bond acceptors (Lipinski definition) is 4. The molecule has 5 rings (SSSR count). The second-order valence-corrected chi connectivity index (χ2v) is 8.89. The molecule has 2 aromatic carbocycles. The normalized spacial score (nSPS) is 21.7. The molecule has 1 fully saturated rings. The minimum atomic E-state index is -0.278. The number of nitrogens with two attached hydrogens (primary N) is 1. The molecule has 3 aromatic rings. The maximum atomic E-state index is 14.1. The summed E-state index contributed by atoms with van der Waals surface area (Å²) in [4.78, 5) is 9.19. The van der Waals surface area contributed by atoms with E-state index >= 15 is 0 Å². The quantitative estimate of drug-likeness (QED) is 0.623. The molecule has 2 N–H and O–H groups in total. The van der Waals surface area contributed by atoms with Gasteiger partial charge in [-0.25, -0.2) is 9.37 Å². The highest BCUT2D eigenvalue weighted by atomic mass is 19.1. The lowest BCUT2D eigenvalue weighted by atomic mass is 9.90. The van der Waals surface area contributed by atoms with E-state index in [0.717, 1.165) is 56.0 Å². The average Bonchev–Trinajstić information content (AvgIpc) is 2.79. The van der Waals surface area contributed by atoms with Crippen LogP contribution < -0.4 is 10.6 Å². The summed E-state index contributed by atoms with van der Waals surface area (Å²) in [5.74, 6) is 0.576. The molecule has 0 saturated heterocycles. The minimum absolute atomic E-state index is 0.278. The van der Waals surface area contributed by atoms with Crippen LogP contribution in [0.1, 0.15) is 36.8 Å². The Morgan fingerprint density at radius 2 is 1.81 bits per heavy atom. The van der Waals surface area contributed by atoms with E-state index in [0.29, 0.717) is 12.1 Å². The zero-order chi connectivity index (χ0) is 21.4. The third-order valence-corrected chi connectivity index (χ3v) is 6.73. The lowest BCUT2D eigenvalue weighted by molar-refractivity contribution is 0.138. The number of hydrogen-bond donors (Lipinski definition) is 1. The first-order valence-corrected chi connectivity index (χ1v) is 11.2. The van der Waals surface area contributed by atoms with Crippen molar-refractivity contribution in [1.29, 1.82) is 0 Å². The van der Waals surface area contributed by atoms with E-state index in [1.54, 1.807) is 6.07 Å². The molecule has 1 aliphatic heterocycles. The fourth-order valence-corrected chi connectivity index (χ4v) is 5.00.